The number of rotatable bonds is 4. The third-order valence-corrected chi connectivity index (χ3v) is 6.04. The zero-order valence-corrected chi connectivity index (χ0v) is 20.3. The van der Waals surface area contributed by atoms with Crippen molar-refractivity contribution in [2.75, 3.05) is 32.1 Å². The Morgan fingerprint density at radius 1 is 1.14 bits per heavy atom. The maximum absolute atomic E-state index is 13.1. The van der Waals surface area contributed by atoms with Crippen molar-refractivity contribution in [3.05, 3.63) is 55.0 Å². The topological polar surface area (TPSA) is 94.4 Å². The van der Waals surface area contributed by atoms with Crippen molar-refractivity contribution in [3.8, 4) is 28.3 Å². The largest absolute Gasteiger partial charge is 0.494 e. The van der Waals surface area contributed by atoms with Gasteiger partial charge in [-0.1, -0.05) is 30.3 Å². The van der Waals surface area contributed by atoms with E-state index in [-0.39, 0.29) is 6.03 Å². The summed E-state index contributed by atoms with van der Waals surface area (Å²) in [5, 5.41) is 8.50. The van der Waals surface area contributed by atoms with Gasteiger partial charge >= 0.3 is 6.03 Å². The van der Waals surface area contributed by atoms with Gasteiger partial charge in [0.2, 0.25) is 0 Å². The number of methoxy groups -OCH3 is 1. The molecule has 1 aliphatic heterocycles. The number of aromatic nitrogens is 4. The predicted octanol–water partition coefficient (Wildman–Crippen LogP) is 4.35. The second-order valence-corrected chi connectivity index (χ2v) is 9.18. The summed E-state index contributed by atoms with van der Waals surface area (Å²) < 4.78 is 13.1. The summed E-state index contributed by atoms with van der Waals surface area (Å²) in [6, 6.07) is 13.5. The van der Waals surface area contributed by atoms with Crippen LogP contribution in [0, 0.1) is 0 Å². The van der Waals surface area contributed by atoms with Gasteiger partial charge in [-0.2, -0.15) is 5.10 Å². The number of benzene rings is 2. The molecule has 1 fully saturated rings. The number of nitrogens with one attached hydrogen (secondary N) is 1. The molecular weight excluding hydrogens is 444 g/mol. The number of morpholine rings is 1. The van der Waals surface area contributed by atoms with Crippen LogP contribution in [0.4, 0.5) is 10.5 Å². The molecule has 0 radical (unpaired) electrons. The molecule has 4 aromatic rings. The van der Waals surface area contributed by atoms with Crippen molar-refractivity contribution >= 4 is 22.6 Å². The monoisotopic (exact) mass is 472 g/mol. The van der Waals surface area contributed by atoms with Crippen molar-refractivity contribution in [2.45, 2.75) is 19.4 Å². The lowest BCUT2D eigenvalue weighted by Crippen LogP contribution is -2.51. The molecule has 1 N–H and O–H groups in total. The van der Waals surface area contributed by atoms with E-state index in [1.807, 2.05) is 69.6 Å². The molecule has 2 aromatic heterocycles. The SMILES string of the molecule is COc1cc2ncnc(-c3cn(C)nc3-c3ccccc3)c2cc1NC(=O)N1CCOC(C)(C)C1. The Bertz CT molecular complexity index is 1380. The molecule has 9 heteroatoms. The highest BCUT2D eigenvalue weighted by molar-refractivity contribution is 6.01. The standard InChI is InChI=1S/C26H28N6O3/c1-26(2)15-32(10-11-35-26)25(33)29-21-12-18-20(13-22(21)34-4)27-16-28-24(18)19-14-31(3)30-23(19)17-8-6-5-7-9-17/h5-9,12-14,16H,10-11,15H2,1-4H3,(H,29,33). The third-order valence-electron chi connectivity index (χ3n) is 6.04. The molecule has 5 rings (SSSR count). The highest BCUT2D eigenvalue weighted by Crippen LogP contribution is 2.37. The van der Waals surface area contributed by atoms with Gasteiger partial charge in [-0.25, -0.2) is 14.8 Å². The summed E-state index contributed by atoms with van der Waals surface area (Å²) in [6.45, 7) is 5.47. The molecule has 9 nitrogen and oxygen atoms in total. The quantitative estimate of drug-likeness (QED) is 0.475. The van der Waals surface area contributed by atoms with E-state index < -0.39 is 5.60 Å². The molecule has 1 saturated heterocycles. The second-order valence-electron chi connectivity index (χ2n) is 9.18. The molecule has 3 heterocycles. The summed E-state index contributed by atoms with van der Waals surface area (Å²) >= 11 is 0. The van der Waals surface area contributed by atoms with E-state index in [1.54, 1.807) is 16.7 Å². The van der Waals surface area contributed by atoms with Crippen LogP contribution in [0.3, 0.4) is 0 Å². The molecule has 2 aromatic carbocycles. The van der Waals surface area contributed by atoms with E-state index in [4.69, 9.17) is 9.47 Å². The minimum atomic E-state index is -0.391. The van der Waals surface area contributed by atoms with E-state index in [9.17, 15) is 4.79 Å². The first-order valence-electron chi connectivity index (χ1n) is 11.5. The molecule has 180 valence electrons. The number of anilines is 1. The number of ether oxygens (including phenoxy) is 2. The smallest absolute Gasteiger partial charge is 0.322 e. The van der Waals surface area contributed by atoms with Gasteiger partial charge in [-0.3, -0.25) is 4.68 Å². The second kappa shape index (κ2) is 8.99. The Morgan fingerprint density at radius 3 is 2.69 bits per heavy atom. The molecular formula is C26H28N6O3. The van der Waals surface area contributed by atoms with Crippen molar-refractivity contribution in [1.29, 1.82) is 0 Å². The molecule has 0 aliphatic carbocycles. The molecule has 35 heavy (non-hydrogen) atoms. The molecule has 0 atom stereocenters. The molecule has 1 aliphatic rings. The lowest BCUT2D eigenvalue weighted by atomic mass is 10.0. The summed E-state index contributed by atoms with van der Waals surface area (Å²) in [7, 11) is 3.46. The first kappa shape index (κ1) is 22.8. The van der Waals surface area contributed by atoms with Crippen molar-refractivity contribution in [1.82, 2.24) is 24.6 Å². The van der Waals surface area contributed by atoms with Crippen LogP contribution in [-0.4, -0.2) is 63.1 Å². The molecule has 0 spiro atoms. The van der Waals surface area contributed by atoms with Gasteiger partial charge in [0.1, 0.15) is 17.8 Å². The number of carbonyl (C=O) groups excluding carboxylic acids is 1. The number of carbonyl (C=O) groups is 1. The fourth-order valence-corrected chi connectivity index (χ4v) is 4.42. The fourth-order valence-electron chi connectivity index (χ4n) is 4.42. The van der Waals surface area contributed by atoms with Crippen LogP contribution in [0.5, 0.6) is 5.75 Å². The normalized spacial score (nSPS) is 15.3. The Kier molecular flexibility index (Phi) is 5.86. The lowest BCUT2D eigenvalue weighted by molar-refractivity contribution is -0.0720. The van der Waals surface area contributed by atoms with E-state index in [1.165, 1.54) is 6.33 Å². The average molecular weight is 473 g/mol. The van der Waals surface area contributed by atoms with Crippen molar-refractivity contribution < 1.29 is 14.3 Å². The molecule has 2 amide bonds. The van der Waals surface area contributed by atoms with Crippen molar-refractivity contribution in [2.24, 2.45) is 7.05 Å². The number of amides is 2. The molecule has 0 unspecified atom stereocenters. The van der Waals surface area contributed by atoms with Gasteiger partial charge in [0, 0.05) is 42.4 Å². The first-order chi connectivity index (χ1) is 16.8. The molecule has 0 bridgehead atoms. The zero-order valence-electron chi connectivity index (χ0n) is 20.3. The van der Waals surface area contributed by atoms with E-state index in [0.717, 1.165) is 27.9 Å². The van der Waals surface area contributed by atoms with Crippen LogP contribution in [0.15, 0.2) is 55.0 Å². The minimum Gasteiger partial charge on any atom is -0.494 e. The number of nitrogens with zero attached hydrogens (tertiary/aromatic N) is 5. The van der Waals surface area contributed by atoms with Gasteiger partial charge in [0.25, 0.3) is 0 Å². The van der Waals surface area contributed by atoms with Gasteiger partial charge in [-0.15, -0.1) is 0 Å². The summed E-state index contributed by atoms with van der Waals surface area (Å²) in [4.78, 5) is 23.9. The number of hydrogen-bond donors (Lipinski definition) is 1. The Balaban J connectivity index is 1.57. The average Bonchev–Trinajstić information content (AvgIpc) is 3.24. The first-order valence-corrected chi connectivity index (χ1v) is 11.5. The highest BCUT2D eigenvalue weighted by atomic mass is 16.5. The maximum atomic E-state index is 13.1. The van der Waals surface area contributed by atoms with E-state index >= 15 is 0 Å². The Morgan fingerprint density at radius 2 is 1.94 bits per heavy atom. The summed E-state index contributed by atoms with van der Waals surface area (Å²) in [6.07, 6.45) is 3.48. The number of fused-ring (bicyclic) bond motifs is 1. The Hall–Kier alpha value is -3.98. The fraction of sp³-hybridized carbons (Fsp3) is 0.308. The van der Waals surface area contributed by atoms with Crippen molar-refractivity contribution in [3.63, 3.8) is 0 Å². The summed E-state index contributed by atoms with van der Waals surface area (Å²) in [5.74, 6) is 0.525. The minimum absolute atomic E-state index is 0.205. The van der Waals surface area contributed by atoms with Crippen LogP contribution < -0.4 is 10.1 Å². The van der Waals surface area contributed by atoms with Crippen LogP contribution in [0.1, 0.15) is 13.8 Å². The Labute approximate surface area is 203 Å². The van der Waals surface area contributed by atoms with Crippen LogP contribution in [0.25, 0.3) is 33.4 Å². The third kappa shape index (κ3) is 4.54. The predicted molar refractivity (Wildman–Crippen MR) is 134 cm³/mol. The van der Waals surface area contributed by atoms with Gasteiger partial charge in [0.05, 0.1) is 42.8 Å². The molecule has 0 saturated carbocycles. The van der Waals surface area contributed by atoms with Crippen LogP contribution in [0.2, 0.25) is 0 Å². The highest BCUT2D eigenvalue weighted by Gasteiger charge is 2.30. The van der Waals surface area contributed by atoms with Gasteiger partial charge in [-0.05, 0) is 19.9 Å². The number of aryl methyl sites for hydroxylation is 1. The van der Waals surface area contributed by atoms with Crippen LogP contribution in [-0.2, 0) is 11.8 Å². The summed E-state index contributed by atoms with van der Waals surface area (Å²) in [5.41, 5.74) is 4.29. The van der Waals surface area contributed by atoms with Crippen LogP contribution >= 0.6 is 0 Å². The number of hydrogen-bond acceptors (Lipinski definition) is 6. The lowest BCUT2D eigenvalue weighted by Gasteiger charge is -2.38. The van der Waals surface area contributed by atoms with E-state index in [0.29, 0.717) is 36.6 Å². The van der Waals surface area contributed by atoms with Gasteiger partial charge in [0.15, 0.2) is 0 Å². The maximum Gasteiger partial charge on any atom is 0.322 e. The zero-order chi connectivity index (χ0) is 24.6. The number of urea groups is 1. The van der Waals surface area contributed by atoms with Gasteiger partial charge < -0.3 is 19.7 Å². The van der Waals surface area contributed by atoms with E-state index in [2.05, 4.69) is 20.4 Å².